The number of nitrogens with two attached hydrogens (primary N) is 1. The van der Waals surface area contributed by atoms with E-state index in [0.717, 1.165) is 13.8 Å². The number of hydrogen-bond acceptors (Lipinski definition) is 4. The van der Waals surface area contributed by atoms with Crippen molar-refractivity contribution >= 4 is 74.8 Å². The average molecular weight is 519 g/mol. The number of halogens is 3. The van der Waals surface area contributed by atoms with Crippen LogP contribution in [0.2, 0.25) is 0 Å². The second-order valence-electron chi connectivity index (χ2n) is 4.33. The SMILES string of the molecule is CN(Cc1csc(Br)c1)S(=O)(=O)c1c(N)cc(Br)cc1Br. The maximum absolute atomic E-state index is 12.7. The molecule has 1 heterocycles. The molecule has 2 N–H and O–H groups in total. The molecule has 0 spiro atoms. The predicted octanol–water partition coefficient (Wildman–Crippen LogP) is 4.44. The quantitative estimate of drug-likeness (QED) is 0.609. The molecule has 1 aromatic heterocycles. The third kappa shape index (κ3) is 3.89. The Labute approximate surface area is 152 Å². The van der Waals surface area contributed by atoms with Crippen molar-refractivity contribution in [1.29, 1.82) is 0 Å². The molecule has 21 heavy (non-hydrogen) atoms. The fraction of sp³-hybridized carbons (Fsp3) is 0.167. The lowest BCUT2D eigenvalue weighted by molar-refractivity contribution is 0.467. The van der Waals surface area contributed by atoms with E-state index >= 15 is 0 Å². The molecule has 0 radical (unpaired) electrons. The van der Waals surface area contributed by atoms with Crippen molar-refractivity contribution in [3.63, 3.8) is 0 Å². The van der Waals surface area contributed by atoms with Crippen LogP contribution in [0.3, 0.4) is 0 Å². The van der Waals surface area contributed by atoms with Crippen LogP contribution in [0.4, 0.5) is 5.69 Å². The van der Waals surface area contributed by atoms with Crippen LogP contribution in [0, 0.1) is 0 Å². The van der Waals surface area contributed by atoms with E-state index in [1.54, 1.807) is 12.1 Å². The summed E-state index contributed by atoms with van der Waals surface area (Å²) in [6.07, 6.45) is 0. The van der Waals surface area contributed by atoms with Crippen molar-refractivity contribution in [3.8, 4) is 0 Å². The number of hydrogen-bond donors (Lipinski definition) is 1. The zero-order valence-corrected chi connectivity index (χ0v) is 17.2. The fourth-order valence-electron chi connectivity index (χ4n) is 1.78. The number of nitrogens with zero attached hydrogens (tertiary/aromatic N) is 1. The summed E-state index contributed by atoms with van der Waals surface area (Å²) < 4.78 is 28.8. The van der Waals surface area contributed by atoms with Gasteiger partial charge in [-0.2, -0.15) is 4.31 Å². The van der Waals surface area contributed by atoms with Crippen molar-refractivity contribution in [3.05, 3.63) is 41.9 Å². The molecule has 4 nitrogen and oxygen atoms in total. The molecule has 9 heteroatoms. The number of benzene rings is 1. The van der Waals surface area contributed by atoms with E-state index < -0.39 is 10.0 Å². The molecule has 0 aliphatic carbocycles. The first-order valence-electron chi connectivity index (χ1n) is 5.65. The number of rotatable bonds is 4. The van der Waals surface area contributed by atoms with Crippen molar-refractivity contribution in [1.82, 2.24) is 4.31 Å². The zero-order chi connectivity index (χ0) is 15.8. The van der Waals surface area contributed by atoms with Crippen LogP contribution >= 0.6 is 59.1 Å². The van der Waals surface area contributed by atoms with Gasteiger partial charge >= 0.3 is 0 Å². The number of anilines is 1. The first kappa shape index (κ1) is 17.4. The summed E-state index contributed by atoms with van der Waals surface area (Å²) in [6.45, 7) is 0.284. The highest BCUT2D eigenvalue weighted by molar-refractivity contribution is 9.11. The van der Waals surface area contributed by atoms with Crippen molar-refractivity contribution in [2.45, 2.75) is 11.4 Å². The lowest BCUT2D eigenvalue weighted by Gasteiger charge is -2.19. The minimum Gasteiger partial charge on any atom is -0.398 e. The predicted molar refractivity (Wildman–Crippen MR) is 96.9 cm³/mol. The monoisotopic (exact) mass is 516 g/mol. The van der Waals surface area contributed by atoms with E-state index in [4.69, 9.17) is 5.73 Å². The maximum atomic E-state index is 12.7. The maximum Gasteiger partial charge on any atom is 0.246 e. The normalized spacial score (nSPS) is 12.0. The highest BCUT2D eigenvalue weighted by Gasteiger charge is 2.26. The first-order chi connectivity index (χ1) is 9.71. The Hall–Kier alpha value is 0.0700. The van der Waals surface area contributed by atoms with Crippen LogP contribution in [0.5, 0.6) is 0 Å². The number of nitrogen functional groups attached to an aromatic ring is 1. The smallest absolute Gasteiger partial charge is 0.246 e. The lowest BCUT2D eigenvalue weighted by Crippen LogP contribution is -2.27. The van der Waals surface area contributed by atoms with Gasteiger partial charge in [0.2, 0.25) is 10.0 Å². The zero-order valence-electron chi connectivity index (χ0n) is 10.8. The molecule has 0 aliphatic heterocycles. The number of sulfonamides is 1. The Morgan fingerprint density at radius 1 is 1.24 bits per heavy atom. The summed E-state index contributed by atoms with van der Waals surface area (Å²) in [5, 5.41) is 1.91. The van der Waals surface area contributed by atoms with Gasteiger partial charge in [0.15, 0.2) is 0 Å². The Bertz CT molecular complexity index is 752. The fourth-order valence-corrected chi connectivity index (χ4v) is 6.14. The summed E-state index contributed by atoms with van der Waals surface area (Å²) in [7, 11) is -2.14. The van der Waals surface area contributed by atoms with Gasteiger partial charge in [0.25, 0.3) is 0 Å². The lowest BCUT2D eigenvalue weighted by atomic mass is 10.3. The molecule has 0 bridgehead atoms. The van der Waals surface area contributed by atoms with Crippen molar-refractivity contribution in [2.75, 3.05) is 12.8 Å². The van der Waals surface area contributed by atoms with Gasteiger partial charge in [0.1, 0.15) is 4.90 Å². The molecule has 0 unspecified atom stereocenters. The largest absolute Gasteiger partial charge is 0.398 e. The Kier molecular flexibility index (Phi) is 5.54. The van der Waals surface area contributed by atoms with Gasteiger partial charge in [0, 0.05) is 22.5 Å². The summed E-state index contributed by atoms with van der Waals surface area (Å²) in [6, 6.07) is 5.14. The second kappa shape index (κ2) is 6.67. The minimum absolute atomic E-state index is 0.0856. The molecule has 0 saturated heterocycles. The van der Waals surface area contributed by atoms with E-state index in [0.29, 0.717) is 4.47 Å². The Morgan fingerprint density at radius 3 is 2.43 bits per heavy atom. The van der Waals surface area contributed by atoms with Gasteiger partial charge in [-0.3, -0.25) is 0 Å². The van der Waals surface area contributed by atoms with Gasteiger partial charge in [-0.25, -0.2) is 8.42 Å². The summed E-state index contributed by atoms with van der Waals surface area (Å²) >= 11 is 11.4. The molecule has 2 aromatic rings. The summed E-state index contributed by atoms with van der Waals surface area (Å²) in [5.74, 6) is 0. The number of thiophene rings is 1. The van der Waals surface area contributed by atoms with E-state index in [1.807, 2.05) is 11.4 Å². The average Bonchev–Trinajstić information content (AvgIpc) is 2.72. The van der Waals surface area contributed by atoms with Crippen LogP contribution in [0.1, 0.15) is 5.56 Å². The highest BCUT2D eigenvalue weighted by Crippen LogP contribution is 2.34. The Balaban J connectivity index is 2.38. The molecule has 0 fully saturated rings. The summed E-state index contributed by atoms with van der Waals surface area (Å²) in [4.78, 5) is 0.0856. The van der Waals surface area contributed by atoms with Gasteiger partial charge in [0.05, 0.1) is 9.47 Å². The van der Waals surface area contributed by atoms with Crippen LogP contribution < -0.4 is 5.73 Å². The molecule has 2 rings (SSSR count). The van der Waals surface area contributed by atoms with Gasteiger partial charge in [-0.05, 0) is 61.0 Å². The first-order valence-corrected chi connectivity index (χ1v) is 10.4. The standard InChI is InChI=1S/C12H11Br3N2O2S2/c1-17(5-7-2-11(15)20-6-7)21(18,19)12-9(14)3-8(13)4-10(12)16/h2-4,6H,5,16H2,1H3. The minimum atomic E-state index is -3.68. The molecule has 0 aliphatic rings. The van der Waals surface area contributed by atoms with Gasteiger partial charge in [-0.1, -0.05) is 15.9 Å². The van der Waals surface area contributed by atoms with Crippen molar-refractivity contribution in [2.24, 2.45) is 0 Å². The van der Waals surface area contributed by atoms with E-state index in [-0.39, 0.29) is 17.1 Å². The van der Waals surface area contributed by atoms with Gasteiger partial charge in [-0.15, -0.1) is 11.3 Å². The molecule has 0 saturated carbocycles. The molecular formula is C12H11Br3N2O2S2. The van der Waals surface area contributed by atoms with E-state index in [2.05, 4.69) is 47.8 Å². The van der Waals surface area contributed by atoms with Crippen molar-refractivity contribution < 1.29 is 8.42 Å². The molecule has 0 amide bonds. The van der Waals surface area contributed by atoms with Crippen LogP contribution in [-0.2, 0) is 16.6 Å². The van der Waals surface area contributed by atoms with E-state index in [1.165, 1.54) is 22.7 Å². The molecular weight excluding hydrogens is 508 g/mol. The highest BCUT2D eigenvalue weighted by atomic mass is 79.9. The van der Waals surface area contributed by atoms with Crippen LogP contribution in [0.15, 0.2) is 41.2 Å². The molecule has 0 atom stereocenters. The molecule has 114 valence electrons. The van der Waals surface area contributed by atoms with E-state index in [9.17, 15) is 8.42 Å². The summed E-state index contributed by atoms with van der Waals surface area (Å²) in [5.41, 5.74) is 7.00. The molecule has 1 aromatic carbocycles. The van der Waals surface area contributed by atoms with Crippen LogP contribution in [0.25, 0.3) is 0 Å². The topological polar surface area (TPSA) is 63.4 Å². The third-order valence-corrected chi connectivity index (χ3v) is 7.55. The Morgan fingerprint density at radius 2 is 1.90 bits per heavy atom. The van der Waals surface area contributed by atoms with Crippen LogP contribution in [-0.4, -0.2) is 19.8 Å². The third-order valence-electron chi connectivity index (χ3n) is 2.73. The van der Waals surface area contributed by atoms with Gasteiger partial charge < -0.3 is 5.73 Å². The second-order valence-corrected chi connectivity index (χ2v) is 10.4.